The fraction of sp³-hybridized carbons (Fsp3) is 0.300. The van der Waals surface area contributed by atoms with Crippen molar-refractivity contribution in [2.75, 3.05) is 30.4 Å². The number of hydrogen-bond acceptors (Lipinski definition) is 2. The summed E-state index contributed by atoms with van der Waals surface area (Å²) in [5.41, 5.74) is 1.55. The van der Waals surface area contributed by atoms with Crippen LogP contribution in [0.1, 0.15) is 13.8 Å². The number of anilines is 2. The molecule has 0 aliphatic heterocycles. The first-order valence-corrected chi connectivity index (χ1v) is 8.98. The third kappa shape index (κ3) is 5.86. The first kappa shape index (κ1) is 19.9. The number of nitrogens with one attached hydrogen (secondary N) is 2. The zero-order chi connectivity index (χ0) is 19.1. The van der Waals surface area contributed by atoms with Crippen LogP contribution >= 0.6 is 11.6 Å². The molecule has 2 aromatic carbocycles. The molecule has 2 rings (SSSR count). The lowest BCUT2D eigenvalue weighted by Gasteiger charge is -2.27. The van der Waals surface area contributed by atoms with Crippen molar-refractivity contribution in [3.05, 3.63) is 59.6 Å². The second-order valence-electron chi connectivity index (χ2n) is 6.56. The van der Waals surface area contributed by atoms with Crippen LogP contribution in [0.15, 0.2) is 54.6 Å². The zero-order valence-corrected chi connectivity index (χ0v) is 16.1. The minimum atomic E-state index is -0.145. The lowest BCUT2D eigenvalue weighted by atomic mass is 10.2. The Balaban J connectivity index is 1.92. The van der Waals surface area contributed by atoms with Gasteiger partial charge in [-0.15, -0.1) is 0 Å². The van der Waals surface area contributed by atoms with Gasteiger partial charge in [-0.25, -0.2) is 0 Å². The third-order valence-electron chi connectivity index (χ3n) is 3.86. The number of carbonyl (C=O) groups is 2. The van der Waals surface area contributed by atoms with Gasteiger partial charge in [-0.05, 0) is 50.2 Å². The molecule has 0 saturated heterocycles. The van der Waals surface area contributed by atoms with E-state index in [1.54, 1.807) is 29.2 Å². The summed E-state index contributed by atoms with van der Waals surface area (Å²) in [6.45, 7) is 4.40. The predicted octanol–water partition coefficient (Wildman–Crippen LogP) is 2.23. The molecular weight excluding hydrogens is 350 g/mol. The monoisotopic (exact) mass is 374 g/mol. The summed E-state index contributed by atoms with van der Waals surface area (Å²) in [4.78, 5) is 27.5. The summed E-state index contributed by atoms with van der Waals surface area (Å²) in [6, 6.07) is 16.6. The van der Waals surface area contributed by atoms with E-state index in [4.69, 9.17) is 11.6 Å². The van der Waals surface area contributed by atoms with Crippen molar-refractivity contribution in [2.24, 2.45) is 0 Å². The maximum absolute atomic E-state index is 12.7. The van der Waals surface area contributed by atoms with Crippen LogP contribution in [0, 0.1) is 0 Å². The molecule has 1 atom stereocenters. The zero-order valence-electron chi connectivity index (χ0n) is 15.3. The Bertz CT molecular complexity index is 732. The number of halogens is 1. The van der Waals surface area contributed by atoms with Crippen LogP contribution in [-0.2, 0) is 9.59 Å². The Labute approximate surface area is 159 Å². The van der Waals surface area contributed by atoms with E-state index in [0.717, 1.165) is 10.6 Å². The van der Waals surface area contributed by atoms with Crippen LogP contribution in [-0.4, -0.2) is 38.0 Å². The standard InChI is InChI=1S/C20H24ClN3O2/c1-15(2)24(18-7-5-4-6-8-18)20(26)14-23(3)13-19(25)22-17-11-9-16(21)10-12-17/h4-12,15H,13-14H2,1-3H3,(H,22,25)/p+1. The van der Waals surface area contributed by atoms with Crippen LogP contribution in [0.4, 0.5) is 11.4 Å². The Hall–Kier alpha value is -2.37. The number of para-hydroxylation sites is 1. The van der Waals surface area contributed by atoms with Gasteiger partial charge in [-0.1, -0.05) is 29.8 Å². The second kappa shape index (κ2) is 9.36. The Morgan fingerprint density at radius 1 is 1.04 bits per heavy atom. The summed E-state index contributed by atoms with van der Waals surface area (Å²) in [7, 11) is 1.84. The van der Waals surface area contributed by atoms with Crippen LogP contribution in [0.2, 0.25) is 5.02 Å². The smallest absolute Gasteiger partial charge is 0.282 e. The van der Waals surface area contributed by atoms with E-state index < -0.39 is 0 Å². The quantitative estimate of drug-likeness (QED) is 0.781. The Kier molecular flexibility index (Phi) is 7.18. The molecule has 2 aromatic rings. The van der Waals surface area contributed by atoms with Crippen LogP contribution in [0.5, 0.6) is 0 Å². The van der Waals surface area contributed by atoms with Gasteiger partial charge in [0.15, 0.2) is 13.1 Å². The van der Waals surface area contributed by atoms with E-state index in [2.05, 4.69) is 5.32 Å². The number of rotatable bonds is 7. The summed E-state index contributed by atoms with van der Waals surface area (Å²) in [6.07, 6.45) is 0. The van der Waals surface area contributed by atoms with Crippen molar-refractivity contribution in [2.45, 2.75) is 19.9 Å². The van der Waals surface area contributed by atoms with Gasteiger partial charge in [0.2, 0.25) is 0 Å². The van der Waals surface area contributed by atoms with Crippen molar-refractivity contribution in [3.8, 4) is 0 Å². The van der Waals surface area contributed by atoms with E-state index in [1.165, 1.54) is 0 Å². The van der Waals surface area contributed by atoms with Crippen molar-refractivity contribution in [1.29, 1.82) is 0 Å². The second-order valence-corrected chi connectivity index (χ2v) is 7.00. The Morgan fingerprint density at radius 3 is 2.23 bits per heavy atom. The molecule has 0 heterocycles. The molecule has 5 nitrogen and oxygen atoms in total. The van der Waals surface area contributed by atoms with Crippen molar-refractivity contribution < 1.29 is 14.5 Å². The maximum Gasteiger partial charge on any atom is 0.282 e. The molecule has 0 bridgehead atoms. The molecule has 0 radical (unpaired) electrons. The van der Waals surface area contributed by atoms with Gasteiger partial charge in [0.1, 0.15) is 0 Å². The van der Waals surface area contributed by atoms with Crippen LogP contribution in [0.3, 0.4) is 0 Å². The molecule has 2 amide bonds. The molecule has 6 heteroatoms. The summed E-state index contributed by atoms with van der Waals surface area (Å²) in [5, 5.41) is 3.43. The highest BCUT2D eigenvalue weighted by Gasteiger charge is 2.23. The molecule has 0 saturated carbocycles. The average molecular weight is 375 g/mol. The van der Waals surface area contributed by atoms with E-state index >= 15 is 0 Å². The number of quaternary nitrogens is 1. The van der Waals surface area contributed by atoms with Gasteiger partial charge in [-0.3, -0.25) is 9.59 Å². The molecule has 1 unspecified atom stereocenters. The molecule has 26 heavy (non-hydrogen) atoms. The van der Waals surface area contributed by atoms with Gasteiger partial charge in [0.05, 0.1) is 7.05 Å². The average Bonchev–Trinajstić information content (AvgIpc) is 2.57. The van der Waals surface area contributed by atoms with Crippen LogP contribution < -0.4 is 15.1 Å². The summed E-state index contributed by atoms with van der Waals surface area (Å²) < 4.78 is 0. The Morgan fingerprint density at radius 2 is 1.65 bits per heavy atom. The number of amides is 2. The minimum Gasteiger partial charge on any atom is -0.322 e. The van der Waals surface area contributed by atoms with Crippen LogP contribution in [0.25, 0.3) is 0 Å². The van der Waals surface area contributed by atoms with E-state index in [9.17, 15) is 9.59 Å². The first-order valence-electron chi connectivity index (χ1n) is 8.60. The topological polar surface area (TPSA) is 53.9 Å². The number of likely N-dealkylation sites (N-methyl/N-ethyl adjacent to an activating group) is 1. The van der Waals surface area contributed by atoms with Crippen molar-refractivity contribution >= 4 is 34.8 Å². The van der Waals surface area contributed by atoms with E-state index in [-0.39, 0.29) is 30.9 Å². The van der Waals surface area contributed by atoms with Gasteiger partial charge in [0, 0.05) is 22.4 Å². The predicted molar refractivity (Wildman–Crippen MR) is 106 cm³/mol. The maximum atomic E-state index is 12.7. The normalized spacial score (nSPS) is 11.9. The lowest BCUT2D eigenvalue weighted by Crippen LogP contribution is -3.11. The lowest BCUT2D eigenvalue weighted by molar-refractivity contribution is -0.862. The SMILES string of the molecule is CC(C)N(C(=O)C[NH+](C)CC(=O)Nc1ccc(Cl)cc1)c1ccccc1. The molecule has 0 aromatic heterocycles. The van der Waals surface area contributed by atoms with Gasteiger partial charge in [-0.2, -0.15) is 0 Å². The highest BCUT2D eigenvalue weighted by atomic mass is 35.5. The summed E-state index contributed by atoms with van der Waals surface area (Å²) >= 11 is 5.84. The highest BCUT2D eigenvalue weighted by molar-refractivity contribution is 6.30. The molecule has 0 aliphatic rings. The highest BCUT2D eigenvalue weighted by Crippen LogP contribution is 2.16. The minimum absolute atomic E-state index is 0.0111. The molecule has 2 N–H and O–H groups in total. The number of benzene rings is 2. The van der Waals surface area contributed by atoms with Gasteiger partial charge >= 0.3 is 0 Å². The van der Waals surface area contributed by atoms with E-state index in [0.29, 0.717) is 10.7 Å². The molecule has 0 fully saturated rings. The fourth-order valence-electron chi connectivity index (χ4n) is 2.74. The molecule has 138 valence electrons. The number of hydrogen-bond donors (Lipinski definition) is 2. The molecule has 0 spiro atoms. The van der Waals surface area contributed by atoms with Gasteiger partial charge < -0.3 is 15.1 Å². The van der Waals surface area contributed by atoms with E-state index in [1.807, 2.05) is 51.2 Å². The first-order chi connectivity index (χ1) is 12.4. The fourth-order valence-corrected chi connectivity index (χ4v) is 2.86. The van der Waals surface area contributed by atoms with Crippen molar-refractivity contribution in [1.82, 2.24) is 0 Å². The summed E-state index contributed by atoms with van der Waals surface area (Å²) in [5.74, 6) is -0.156. The molecular formula is C20H25ClN3O2+. The molecule has 0 aliphatic carbocycles. The third-order valence-corrected chi connectivity index (χ3v) is 4.11. The number of nitrogens with zero attached hydrogens (tertiary/aromatic N) is 1. The van der Waals surface area contributed by atoms with Gasteiger partial charge in [0.25, 0.3) is 11.8 Å². The largest absolute Gasteiger partial charge is 0.322 e. The number of carbonyl (C=O) groups excluding carboxylic acids is 2. The van der Waals surface area contributed by atoms with Crippen molar-refractivity contribution in [3.63, 3.8) is 0 Å².